The van der Waals surface area contributed by atoms with E-state index in [0.29, 0.717) is 0 Å². The van der Waals surface area contributed by atoms with Crippen LogP contribution in [0.15, 0.2) is 170 Å². The number of thioether (sulfide) groups is 1. The average Bonchev–Trinajstić information content (AvgIpc) is 3.57. The summed E-state index contributed by atoms with van der Waals surface area (Å²) in [6.07, 6.45) is -0.586. The average molecular weight is 761 g/mol. The zero-order valence-electron chi connectivity index (χ0n) is 31.2. The Hall–Kier alpha value is -6.12. The molecule has 0 aliphatic heterocycles. The smallest absolute Gasteiger partial charge is 0.407 e. The second kappa shape index (κ2) is 17.6. The maximum Gasteiger partial charge on any atom is 0.407 e. The molecule has 0 bridgehead atoms. The molecule has 0 fully saturated rings. The van der Waals surface area contributed by atoms with Crippen molar-refractivity contribution >= 4 is 29.7 Å². The van der Waals surface area contributed by atoms with Crippen LogP contribution >= 0.6 is 11.8 Å². The third-order valence-corrected chi connectivity index (χ3v) is 12.1. The van der Waals surface area contributed by atoms with E-state index < -0.39 is 34.8 Å². The fourth-order valence-electron chi connectivity index (χ4n) is 7.83. The first-order chi connectivity index (χ1) is 27.4. The van der Waals surface area contributed by atoms with Crippen LogP contribution < -0.4 is 5.32 Å². The molecule has 0 radical (unpaired) electrons. The number of hydrogen-bond acceptors (Lipinski definition) is 5. The molecule has 7 rings (SSSR count). The van der Waals surface area contributed by atoms with Gasteiger partial charge in [0.25, 0.3) is 0 Å². The normalized spacial score (nSPS) is 13.2. The van der Waals surface area contributed by atoms with E-state index in [2.05, 4.69) is 53.8 Å². The van der Waals surface area contributed by atoms with Crippen LogP contribution in [0.25, 0.3) is 11.1 Å². The quantitative estimate of drug-likeness (QED) is 0.101. The molecule has 2 atom stereocenters. The van der Waals surface area contributed by atoms with Gasteiger partial charge in [0.2, 0.25) is 5.91 Å². The van der Waals surface area contributed by atoms with Gasteiger partial charge in [0.15, 0.2) is 0 Å². The van der Waals surface area contributed by atoms with Crippen LogP contribution in [0.5, 0.6) is 0 Å². The fraction of sp³-hybridized carbons (Fsp3) is 0.188. The van der Waals surface area contributed by atoms with E-state index in [4.69, 9.17) is 4.74 Å². The highest BCUT2D eigenvalue weighted by Gasteiger charge is 2.41. The predicted octanol–water partition coefficient (Wildman–Crippen LogP) is 9.16. The van der Waals surface area contributed by atoms with Crippen LogP contribution in [0.2, 0.25) is 0 Å². The van der Waals surface area contributed by atoms with Crippen LogP contribution in [-0.2, 0) is 25.5 Å². The number of likely N-dealkylation sites (N-methyl/N-ethyl adjacent to an activating group) is 1. The van der Waals surface area contributed by atoms with Crippen LogP contribution in [0.3, 0.4) is 0 Å². The minimum absolute atomic E-state index is 0.0661. The molecule has 0 spiro atoms. The standard InChI is InChI=1S/C48H44N2O5S/c1-2-50(44(46(52)53)33-56-48(35-21-9-4-10-22-35,36-23-11-5-12-24-36)37-25-13-6-14-26-37)45(51)43(31-34-19-7-3-8-20-34)49-47(54)55-32-42-40-29-17-15-27-38(40)39-28-16-18-30-41(39)42/h3-30,42-44H,2,31-33H2,1H3,(H,49,54)(H,52,53)/t43-,44-/m0/s1. The van der Waals surface area contributed by atoms with Gasteiger partial charge in [-0.15, -0.1) is 11.8 Å². The van der Waals surface area contributed by atoms with Crippen LogP contribution in [0.1, 0.15) is 46.2 Å². The molecule has 2 N–H and O–H groups in total. The number of aliphatic carboxylic acids is 1. The second-order valence-corrected chi connectivity index (χ2v) is 15.0. The minimum atomic E-state index is -1.21. The van der Waals surface area contributed by atoms with E-state index in [1.807, 2.05) is 121 Å². The van der Waals surface area contributed by atoms with Crippen LogP contribution in [0.4, 0.5) is 4.79 Å². The summed E-state index contributed by atoms with van der Waals surface area (Å²) in [5.74, 6) is -1.72. The van der Waals surface area contributed by atoms with Gasteiger partial charge in [-0.3, -0.25) is 4.79 Å². The van der Waals surface area contributed by atoms with Gasteiger partial charge in [-0.1, -0.05) is 170 Å². The Morgan fingerprint density at radius 1 is 0.679 bits per heavy atom. The van der Waals surface area contributed by atoms with Gasteiger partial charge in [0.05, 0.1) is 4.75 Å². The van der Waals surface area contributed by atoms with Crippen molar-refractivity contribution in [3.8, 4) is 11.1 Å². The molecule has 1 aliphatic rings. The van der Waals surface area contributed by atoms with Gasteiger partial charge in [0, 0.05) is 24.6 Å². The van der Waals surface area contributed by atoms with Crippen molar-refractivity contribution in [2.75, 3.05) is 18.9 Å². The molecule has 6 aromatic rings. The Balaban J connectivity index is 1.16. The lowest BCUT2D eigenvalue weighted by atomic mass is 9.84. The van der Waals surface area contributed by atoms with Gasteiger partial charge >= 0.3 is 12.1 Å². The van der Waals surface area contributed by atoms with E-state index in [0.717, 1.165) is 44.5 Å². The first kappa shape index (κ1) is 38.2. The van der Waals surface area contributed by atoms with Crippen LogP contribution in [-0.4, -0.2) is 59.0 Å². The Morgan fingerprint density at radius 3 is 1.59 bits per heavy atom. The summed E-state index contributed by atoms with van der Waals surface area (Å²) < 4.78 is 5.09. The number of carboxylic acids is 1. The number of amides is 2. The SMILES string of the molecule is CCN(C(=O)[C@H](Cc1ccccc1)NC(=O)OCC1c2ccccc2-c2ccccc21)[C@@H](CSC(c1ccccc1)(c1ccccc1)c1ccccc1)C(=O)O. The largest absolute Gasteiger partial charge is 0.480 e. The molecule has 7 nitrogen and oxygen atoms in total. The Bertz CT molecular complexity index is 2110. The van der Waals surface area contributed by atoms with Gasteiger partial charge in [-0.25, -0.2) is 9.59 Å². The molecule has 0 heterocycles. The summed E-state index contributed by atoms with van der Waals surface area (Å²) in [6, 6.07) is 53.4. The summed E-state index contributed by atoms with van der Waals surface area (Å²) in [7, 11) is 0. The molecular formula is C48H44N2O5S. The van der Waals surface area contributed by atoms with Gasteiger partial charge in [-0.2, -0.15) is 0 Å². The summed E-state index contributed by atoms with van der Waals surface area (Å²) in [5.41, 5.74) is 8.16. The molecule has 0 aromatic heterocycles. The summed E-state index contributed by atoms with van der Waals surface area (Å²) in [6.45, 7) is 1.96. The summed E-state index contributed by atoms with van der Waals surface area (Å²) >= 11 is 1.48. The monoisotopic (exact) mass is 760 g/mol. The van der Waals surface area contributed by atoms with Crippen molar-refractivity contribution in [1.82, 2.24) is 10.2 Å². The van der Waals surface area contributed by atoms with E-state index in [-0.39, 0.29) is 31.2 Å². The van der Waals surface area contributed by atoms with E-state index in [1.165, 1.54) is 16.7 Å². The number of carboxylic acid groups (broad SMARTS) is 1. The number of carbonyl (C=O) groups excluding carboxylic acids is 2. The second-order valence-electron chi connectivity index (χ2n) is 13.8. The lowest BCUT2D eigenvalue weighted by molar-refractivity contribution is -0.149. The van der Waals surface area contributed by atoms with E-state index >= 15 is 0 Å². The topological polar surface area (TPSA) is 95.9 Å². The number of rotatable bonds is 15. The van der Waals surface area contributed by atoms with Gasteiger partial charge in [0.1, 0.15) is 18.7 Å². The maximum atomic E-state index is 14.7. The molecule has 56 heavy (non-hydrogen) atoms. The maximum absolute atomic E-state index is 14.7. The number of nitrogens with zero attached hydrogens (tertiary/aromatic N) is 1. The number of carbonyl (C=O) groups is 3. The number of hydrogen-bond donors (Lipinski definition) is 2. The van der Waals surface area contributed by atoms with Gasteiger partial charge < -0.3 is 20.1 Å². The molecule has 0 saturated heterocycles. The Kier molecular flexibility index (Phi) is 12.0. The third kappa shape index (κ3) is 7.97. The Labute approximate surface area is 332 Å². The molecular weight excluding hydrogens is 717 g/mol. The van der Waals surface area contributed by atoms with Crippen molar-refractivity contribution in [3.63, 3.8) is 0 Å². The zero-order valence-corrected chi connectivity index (χ0v) is 32.0. The molecule has 6 aromatic carbocycles. The van der Waals surface area contributed by atoms with E-state index in [9.17, 15) is 19.5 Å². The molecule has 2 amide bonds. The first-order valence-corrected chi connectivity index (χ1v) is 19.9. The summed E-state index contributed by atoms with van der Waals surface area (Å²) in [4.78, 5) is 43.0. The molecule has 8 heteroatoms. The lowest BCUT2D eigenvalue weighted by Gasteiger charge is -2.38. The first-order valence-electron chi connectivity index (χ1n) is 18.9. The van der Waals surface area contributed by atoms with Gasteiger partial charge in [-0.05, 0) is 51.4 Å². The van der Waals surface area contributed by atoms with E-state index in [1.54, 1.807) is 6.92 Å². The fourth-order valence-corrected chi connectivity index (χ4v) is 9.47. The number of ether oxygens (including phenoxy) is 1. The van der Waals surface area contributed by atoms with Crippen molar-refractivity contribution in [3.05, 3.63) is 203 Å². The molecule has 0 saturated carbocycles. The number of alkyl carbamates (subject to hydrolysis) is 1. The van der Waals surface area contributed by atoms with Crippen LogP contribution in [0, 0.1) is 0 Å². The highest BCUT2D eigenvalue weighted by Crippen LogP contribution is 2.49. The third-order valence-electron chi connectivity index (χ3n) is 10.5. The van der Waals surface area contributed by atoms with Crippen molar-refractivity contribution in [1.29, 1.82) is 0 Å². The zero-order chi connectivity index (χ0) is 38.9. The number of nitrogens with one attached hydrogen (secondary N) is 1. The lowest BCUT2D eigenvalue weighted by Crippen LogP contribution is -2.55. The summed E-state index contributed by atoms with van der Waals surface area (Å²) in [5, 5.41) is 13.7. The number of fused-ring (bicyclic) bond motifs is 3. The minimum Gasteiger partial charge on any atom is -0.480 e. The molecule has 1 aliphatic carbocycles. The van der Waals surface area contributed by atoms with Crippen molar-refractivity contribution in [2.24, 2.45) is 0 Å². The molecule has 0 unspecified atom stereocenters. The predicted molar refractivity (Wildman–Crippen MR) is 223 cm³/mol. The highest BCUT2D eigenvalue weighted by atomic mass is 32.2. The highest BCUT2D eigenvalue weighted by molar-refractivity contribution is 8.00. The number of benzene rings is 6. The van der Waals surface area contributed by atoms with Crippen molar-refractivity contribution in [2.45, 2.75) is 36.1 Å². The molecule has 282 valence electrons. The Morgan fingerprint density at radius 2 is 1.12 bits per heavy atom. The van der Waals surface area contributed by atoms with Crippen molar-refractivity contribution < 1.29 is 24.2 Å².